The van der Waals surface area contributed by atoms with Crippen molar-refractivity contribution in [1.82, 2.24) is 4.98 Å². The van der Waals surface area contributed by atoms with Crippen LogP contribution in [-0.4, -0.2) is 23.5 Å². The van der Waals surface area contributed by atoms with Crippen LogP contribution in [0.25, 0.3) is 0 Å². The fourth-order valence-corrected chi connectivity index (χ4v) is 2.94. The first-order valence-electron chi connectivity index (χ1n) is 5.88. The molecule has 4 nitrogen and oxygen atoms in total. The molecule has 1 amide bonds. The van der Waals surface area contributed by atoms with Crippen LogP contribution in [0.1, 0.15) is 19.8 Å². The van der Waals surface area contributed by atoms with Crippen molar-refractivity contribution in [1.29, 1.82) is 0 Å². The number of nitrogens with one attached hydrogen (secondary N) is 1. The van der Waals surface area contributed by atoms with E-state index in [0.29, 0.717) is 5.92 Å². The molecular formula is C12H14BrN3O. The molecule has 1 saturated heterocycles. The van der Waals surface area contributed by atoms with E-state index in [4.69, 9.17) is 0 Å². The lowest BCUT2D eigenvalue weighted by Crippen LogP contribution is -2.52. The highest BCUT2D eigenvalue weighted by atomic mass is 79.9. The molecule has 2 unspecified atom stereocenters. The molecule has 1 N–H and O–H groups in total. The summed E-state index contributed by atoms with van der Waals surface area (Å²) in [6.07, 6.45) is 3.83. The van der Waals surface area contributed by atoms with E-state index in [1.165, 1.54) is 0 Å². The number of carbonyl (C=O) groups excluding carboxylic acids is 1. The van der Waals surface area contributed by atoms with Crippen LogP contribution >= 0.6 is 15.9 Å². The molecule has 3 heterocycles. The maximum absolute atomic E-state index is 12.1. The number of hydrogen-bond donors (Lipinski definition) is 1. The van der Waals surface area contributed by atoms with E-state index >= 15 is 0 Å². The molecule has 0 aromatic carbocycles. The minimum absolute atomic E-state index is 0.0417. The van der Waals surface area contributed by atoms with Gasteiger partial charge in [-0.05, 0) is 40.8 Å². The Hall–Kier alpha value is -1.10. The SMILES string of the molecule is CC1CCN2c3ncc(Br)cc3NC(=O)C2C1. The molecule has 5 heteroatoms. The van der Waals surface area contributed by atoms with Crippen molar-refractivity contribution in [2.75, 3.05) is 16.8 Å². The van der Waals surface area contributed by atoms with Gasteiger partial charge in [-0.2, -0.15) is 0 Å². The number of halogens is 1. The zero-order valence-corrected chi connectivity index (χ0v) is 11.2. The Labute approximate surface area is 109 Å². The number of anilines is 2. The molecule has 2 atom stereocenters. The van der Waals surface area contributed by atoms with Crippen LogP contribution in [0, 0.1) is 5.92 Å². The summed E-state index contributed by atoms with van der Waals surface area (Å²) < 4.78 is 0.889. The number of rotatable bonds is 0. The van der Waals surface area contributed by atoms with E-state index in [1.807, 2.05) is 6.07 Å². The summed E-state index contributed by atoms with van der Waals surface area (Å²) in [6, 6.07) is 1.87. The molecule has 1 fully saturated rings. The van der Waals surface area contributed by atoms with Crippen molar-refractivity contribution in [3.63, 3.8) is 0 Å². The summed E-state index contributed by atoms with van der Waals surface area (Å²) in [7, 11) is 0. The summed E-state index contributed by atoms with van der Waals surface area (Å²) in [5.74, 6) is 1.62. The summed E-state index contributed by atoms with van der Waals surface area (Å²) in [4.78, 5) is 18.6. The van der Waals surface area contributed by atoms with Gasteiger partial charge in [-0.3, -0.25) is 4.79 Å². The number of carbonyl (C=O) groups is 1. The monoisotopic (exact) mass is 295 g/mol. The average Bonchev–Trinajstić information content (AvgIpc) is 2.29. The zero-order chi connectivity index (χ0) is 12.0. The highest BCUT2D eigenvalue weighted by Gasteiger charge is 2.37. The molecular weight excluding hydrogens is 282 g/mol. The third-order valence-corrected chi connectivity index (χ3v) is 3.96. The highest BCUT2D eigenvalue weighted by Crippen LogP contribution is 2.36. The van der Waals surface area contributed by atoms with Crippen LogP contribution in [0.3, 0.4) is 0 Å². The van der Waals surface area contributed by atoms with Crippen molar-refractivity contribution in [3.05, 3.63) is 16.7 Å². The molecule has 0 saturated carbocycles. The highest BCUT2D eigenvalue weighted by molar-refractivity contribution is 9.10. The van der Waals surface area contributed by atoms with Gasteiger partial charge in [0, 0.05) is 17.2 Å². The lowest BCUT2D eigenvalue weighted by Gasteiger charge is -2.42. The maximum Gasteiger partial charge on any atom is 0.247 e. The quantitative estimate of drug-likeness (QED) is 0.799. The van der Waals surface area contributed by atoms with Gasteiger partial charge in [-0.1, -0.05) is 6.92 Å². The van der Waals surface area contributed by atoms with Gasteiger partial charge in [0.1, 0.15) is 6.04 Å². The van der Waals surface area contributed by atoms with Gasteiger partial charge in [0.05, 0.1) is 5.69 Å². The third kappa shape index (κ3) is 1.82. The van der Waals surface area contributed by atoms with Crippen LogP contribution in [0.5, 0.6) is 0 Å². The van der Waals surface area contributed by atoms with E-state index in [2.05, 4.69) is 38.1 Å². The van der Waals surface area contributed by atoms with Crippen LogP contribution in [0.4, 0.5) is 11.5 Å². The molecule has 0 spiro atoms. The average molecular weight is 296 g/mol. The number of pyridine rings is 1. The number of nitrogens with zero attached hydrogens (tertiary/aromatic N) is 2. The van der Waals surface area contributed by atoms with E-state index in [0.717, 1.165) is 35.4 Å². The number of aromatic nitrogens is 1. The Morgan fingerprint density at radius 1 is 1.59 bits per heavy atom. The Balaban J connectivity index is 2.02. The molecule has 17 heavy (non-hydrogen) atoms. The molecule has 1 aromatic heterocycles. The molecule has 0 bridgehead atoms. The van der Waals surface area contributed by atoms with Crippen LogP contribution in [0.2, 0.25) is 0 Å². The van der Waals surface area contributed by atoms with Crippen LogP contribution in [-0.2, 0) is 4.79 Å². The zero-order valence-electron chi connectivity index (χ0n) is 9.61. The number of fused-ring (bicyclic) bond motifs is 3. The van der Waals surface area contributed by atoms with Gasteiger partial charge < -0.3 is 10.2 Å². The van der Waals surface area contributed by atoms with Crippen LogP contribution in [0.15, 0.2) is 16.7 Å². The van der Waals surface area contributed by atoms with E-state index in [9.17, 15) is 4.79 Å². The maximum atomic E-state index is 12.1. The topological polar surface area (TPSA) is 45.2 Å². The first kappa shape index (κ1) is 11.0. The molecule has 90 valence electrons. The van der Waals surface area contributed by atoms with Crippen molar-refractivity contribution < 1.29 is 4.79 Å². The fourth-order valence-electron chi connectivity index (χ4n) is 2.61. The Morgan fingerprint density at radius 2 is 2.41 bits per heavy atom. The minimum atomic E-state index is -0.0417. The molecule has 0 radical (unpaired) electrons. The summed E-state index contributed by atoms with van der Waals surface area (Å²) >= 11 is 3.38. The largest absolute Gasteiger partial charge is 0.343 e. The number of hydrogen-bond acceptors (Lipinski definition) is 3. The molecule has 2 aliphatic rings. The lowest BCUT2D eigenvalue weighted by molar-refractivity contribution is -0.118. The Bertz CT molecular complexity index is 477. The van der Waals surface area contributed by atoms with Gasteiger partial charge in [-0.15, -0.1) is 0 Å². The van der Waals surface area contributed by atoms with Crippen molar-refractivity contribution in [3.8, 4) is 0 Å². The lowest BCUT2D eigenvalue weighted by atomic mass is 9.90. The molecule has 3 rings (SSSR count). The fraction of sp³-hybridized carbons (Fsp3) is 0.500. The first-order valence-corrected chi connectivity index (χ1v) is 6.67. The second-order valence-electron chi connectivity index (χ2n) is 4.85. The predicted molar refractivity (Wildman–Crippen MR) is 70.1 cm³/mol. The molecule has 1 aromatic rings. The normalized spacial score (nSPS) is 27.2. The smallest absolute Gasteiger partial charge is 0.247 e. The van der Waals surface area contributed by atoms with Gasteiger partial charge in [-0.25, -0.2) is 4.98 Å². The van der Waals surface area contributed by atoms with Crippen molar-refractivity contribution >= 4 is 33.3 Å². The van der Waals surface area contributed by atoms with Gasteiger partial charge in [0.15, 0.2) is 5.82 Å². The second-order valence-corrected chi connectivity index (χ2v) is 5.77. The summed E-state index contributed by atoms with van der Waals surface area (Å²) in [5.41, 5.74) is 0.815. The summed E-state index contributed by atoms with van der Waals surface area (Å²) in [6.45, 7) is 3.12. The van der Waals surface area contributed by atoms with Crippen molar-refractivity contribution in [2.45, 2.75) is 25.8 Å². The second kappa shape index (κ2) is 3.98. The van der Waals surface area contributed by atoms with Gasteiger partial charge in [0.2, 0.25) is 5.91 Å². The minimum Gasteiger partial charge on any atom is -0.343 e. The Morgan fingerprint density at radius 3 is 3.24 bits per heavy atom. The van der Waals surface area contributed by atoms with E-state index in [-0.39, 0.29) is 11.9 Å². The third-order valence-electron chi connectivity index (χ3n) is 3.53. The van der Waals surface area contributed by atoms with Gasteiger partial charge >= 0.3 is 0 Å². The summed E-state index contributed by atoms with van der Waals surface area (Å²) in [5, 5.41) is 2.95. The van der Waals surface area contributed by atoms with Crippen LogP contribution < -0.4 is 10.2 Å². The molecule has 2 aliphatic heterocycles. The standard InChI is InChI=1S/C12H14BrN3O/c1-7-2-3-16-10(4-7)12(17)15-9-5-8(13)6-14-11(9)16/h5-7,10H,2-4H2,1H3,(H,15,17). The predicted octanol–water partition coefficient (Wildman–Crippen LogP) is 2.40. The van der Waals surface area contributed by atoms with E-state index in [1.54, 1.807) is 6.20 Å². The molecule has 0 aliphatic carbocycles. The van der Waals surface area contributed by atoms with Crippen molar-refractivity contribution in [2.24, 2.45) is 5.92 Å². The first-order chi connectivity index (χ1) is 8.15. The van der Waals surface area contributed by atoms with Gasteiger partial charge in [0.25, 0.3) is 0 Å². The Kier molecular flexibility index (Phi) is 2.58. The van der Waals surface area contributed by atoms with E-state index < -0.39 is 0 Å². The number of piperidine rings is 1. The number of amides is 1.